The first-order valence-corrected chi connectivity index (χ1v) is 25.6. The van der Waals surface area contributed by atoms with Crippen molar-refractivity contribution < 1.29 is 28.7 Å². The van der Waals surface area contributed by atoms with Gasteiger partial charge in [0.25, 0.3) is 23.6 Å². The summed E-state index contributed by atoms with van der Waals surface area (Å²) in [6, 6.07) is 7.54. The van der Waals surface area contributed by atoms with Crippen molar-refractivity contribution in [3.05, 3.63) is 66.7 Å². The number of carbonyl (C=O) groups is 4. The molecule has 0 bridgehead atoms. The first-order chi connectivity index (χ1) is 29.9. The topological polar surface area (TPSA) is 135 Å². The van der Waals surface area contributed by atoms with Gasteiger partial charge in [-0.05, 0) is 47.9 Å². The molecule has 338 valence electrons. The highest BCUT2D eigenvalue weighted by molar-refractivity contribution is 7.16. The molecule has 0 aliphatic heterocycles. The minimum absolute atomic E-state index is 0.0836. The third-order valence-corrected chi connectivity index (χ3v) is 13.0. The van der Waals surface area contributed by atoms with Crippen LogP contribution in [0.1, 0.15) is 197 Å². The fourth-order valence-electron chi connectivity index (χ4n) is 6.72. The number of nitrogens with one attached hydrogen (secondary N) is 4. The van der Waals surface area contributed by atoms with Crippen LogP contribution < -0.4 is 31.2 Å². The highest BCUT2D eigenvalue weighted by Crippen LogP contribution is 2.43. The molecule has 4 amide bonds. The van der Waals surface area contributed by atoms with Crippen molar-refractivity contribution in [1.29, 1.82) is 0 Å². The standard InChI is InChI=1S/C48H72N4O6S3/c1-3-5-7-9-11-13-15-17-19-21-23-25-35-57-43-44(58-36-26-24-22-20-18-16-14-12-10-8-6-4-2)46(48(56)52-50-42(54)34-32-40-30-28-38-60-40)61-45(43)47(55)51-49-41(53)33-31-39-29-27-37-59-39/h27-34,37-38H,3-26,35-36H2,1-2H3,(H,49,53)(H,50,54)(H,51,55)(H,52,56)/b33-31+,34-32+. The zero-order valence-electron chi connectivity index (χ0n) is 36.8. The number of carbonyl (C=O) groups excluding carboxylic acids is 4. The molecule has 4 N–H and O–H groups in total. The Hall–Kier alpha value is -3.94. The van der Waals surface area contributed by atoms with Crippen LogP contribution in [-0.4, -0.2) is 36.8 Å². The lowest BCUT2D eigenvalue weighted by atomic mass is 10.1. The van der Waals surface area contributed by atoms with E-state index in [2.05, 4.69) is 35.6 Å². The maximum Gasteiger partial charge on any atom is 0.283 e. The molecule has 0 aliphatic carbocycles. The van der Waals surface area contributed by atoms with E-state index in [0.29, 0.717) is 13.2 Å². The van der Waals surface area contributed by atoms with Gasteiger partial charge in [-0.3, -0.25) is 40.9 Å². The van der Waals surface area contributed by atoms with Gasteiger partial charge in [0, 0.05) is 21.9 Å². The molecule has 0 aromatic carbocycles. The Morgan fingerprint density at radius 1 is 0.475 bits per heavy atom. The Labute approximate surface area is 377 Å². The molecule has 0 aliphatic rings. The SMILES string of the molecule is CCCCCCCCCCCCCCOc1c(C(=O)NNC(=O)/C=C/c2cccs2)sc(C(=O)NNC(=O)/C=C/c2cccs2)c1OCCCCCCCCCCCCCC. The molecule has 0 saturated carbocycles. The third-order valence-electron chi connectivity index (χ3n) is 10.2. The number of unbranched alkanes of at least 4 members (excludes halogenated alkanes) is 22. The fraction of sp³-hybridized carbons (Fsp3) is 0.583. The lowest BCUT2D eigenvalue weighted by Gasteiger charge is -2.13. The first kappa shape index (κ1) is 51.4. The van der Waals surface area contributed by atoms with Crippen LogP contribution in [0.5, 0.6) is 11.5 Å². The van der Waals surface area contributed by atoms with Gasteiger partial charge >= 0.3 is 0 Å². The lowest BCUT2D eigenvalue weighted by molar-refractivity contribution is -0.117. The van der Waals surface area contributed by atoms with E-state index in [9.17, 15) is 19.2 Å². The van der Waals surface area contributed by atoms with Crippen LogP contribution in [0.25, 0.3) is 12.2 Å². The van der Waals surface area contributed by atoms with Crippen molar-refractivity contribution in [2.24, 2.45) is 0 Å². The van der Waals surface area contributed by atoms with Gasteiger partial charge in [-0.2, -0.15) is 0 Å². The summed E-state index contributed by atoms with van der Waals surface area (Å²) in [6.07, 6.45) is 34.8. The third kappa shape index (κ3) is 23.2. The van der Waals surface area contributed by atoms with Crippen molar-refractivity contribution in [1.82, 2.24) is 21.7 Å². The number of thiophene rings is 3. The Bertz CT molecular complexity index is 1570. The highest BCUT2D eigenvalue weighted by Gasteiger charge is 2.30. The second-order valence-electron chi connectivity index (χ2n) is 15.5. The molecule has 0 fully saturated rings. The van der Waals surface area contributed by atoms with Gasteiger partial charge in [-0.15, -0.1) is 34.0 Å². The average Bonchev–Trinajstić information content (AvgIpc) is 4.07. The zero-order chi connectivity index (χ0) is 43.6. The van der Waals surface area contributed by atoms with Crippen LogP contribution in [0.4, 0.5) is 0 Å². The van der Waals surface area contributed by atoms with Crippen LogP contribution in [0.2, 0.25) is 0 Å². The Morgan fingerprint density at radius 2 is 0.803 bits per heavy atom. The van der Waals surface area contributed by atoms with Gasteiger partial charge in [0.2, 0.25) is 0 Å². The zero-order valence-corrected chi connectivity index (χ0v) is 39.3. The summed E-state index contributed by atoms with van der Waals surface area (Å²) in [5.74, 6) is -2.02. The quantitative estimate of drug-likeness (QED) is 0.0268. The van der Waals surface area contributed by atoms with Gasteiger partial charge in [-0.1, -0.05) is 167 Å². The van der Waals surface area contributed by atoms with Crippen molar-refractivity contribution in [2.75, 3.05) is 13.2 Å². The van der Waals surface area contributed by atoms with Crippen molar-refractivity contribution in [3.63, 3.8) is 0 Å². The second-order valence-corrected chi connectivity index (χ2v) is 18.5. The summed E-state index contributed by atoms with van der Waals surface area (Å²) >= 11 is 3.87. The van der Waals surface area contributed by atoms with E-state index in [0.717, 1.165) is 59.6 Å². The minimum atomic E-state index is -0.648. The van der Waals surface area contributed by atoms with Crippen LogP contribution >= 0.6 is 34.0 Å². The fourth-order valence-corrected chi connectivity index (χ4v) is 8.93. The minimum Gasteiger partial charge on any atom is -0.488 e. The number of amides is 4. The summed E-state index contributed by atoms with van der Waals surface area (Å²) in [5, 5.41) is 3.82. The van der Waals surface area contributed by atoms with Crippen LogP contribution in [0, 0.1) is 0 Å². The number of ether oxygens (including phenoxy) is 2. The smallest absolute Gasteiger partial charge is 0.283 e. The molecule has 0 radical (unpaired) electrons. The van der Waals surface area contributed by atoms with E-state index in [4.69, 9.17) is 9.47 Å². The number of rotatable bonds is 34. The van der Waals surface area contributed by atoms with Crippen molar-refractivity contribution in [3.8, 4) is 11.5 Å². The van der Waals surface area contributed by atoms with E-state index in [1.165, 1.54) is 150 Å². The molecular weight excluding hydrogens is 825 g/mol. The molecule has 0 saturated heterocycles. The summed E-state index contributed by atoms with van der Waals surface area (Å²) in [6.45, 7) is 5.14. The van der Waals surface area contributed by atoms with Crippen LogP contribution in [-0.2, 0) is 9.59 Å². The Kier molecular flexibility index (Phi) is 28.4. The Balaban J connectivity index is 1.65. The van der Waals surface area contributed by atoms with Gasteiger partial charge < -0.3 is 9.47 Å². The summed E-state index contributed by atoms with van der Waals surface area (Å²) in [5.41, 5.74) is 9.81. The molecule has 10 nitrogen and oxygen atoms in total. The van der Waals surface area contributed by atoms with E-state index in [-0.39, 0.29) is 21.3 Å². The first-order valence-electron chi connectivity index (χ1n) is 23.0. The van der Waals surface area contributed by atoms with Crippen LogP contribution in [0.3, 0.4) is 0 Å². The predicted octanol–water partition coefficient (Wildman–Crippen LogP) is 13.0. The summed E-state index contributed by atoms with van der Waals surface area (Å²) < 4.78 is 12.6. The monoisotopic (exact) mass is 896 g/mol. The molecule has 3 rings (SSSR count). The van der Waals surface area contributed by atoms with E-state index < -0.39 is 23.6 Å². The predicted molar refractivity (Wildman–Crippen MR) is 255 cm³/mol. The molecule has 61 heavy (non-hydrogen) atoms. The van der Waals surface area contributed by atoms with Gasteiger partial charge in [0.05, 0.1) is 13.2 Å². The molecule has 0 atom stereocenters. The highest BCUT2D eigenvalue weighted by atomic mass is 32.1. The van der Waals surface area contributed by atoms with Gasteiger partial charge in [0.1, 0.15) is 9.75 Å². The molecule has 0 spiro atoms. The lowest BCUT2D eigenvalue weighted by Crippen LogP contribution is -2.40. The molecular formula is C48H72N4O6S3. The molecule has 0 unspecified atom stereocenters. The average molecular weight is 897 g/mol. The van der Waals surface area contributed by atoms with E-state index >= 15 is 0 Å². The summed E-state index contributed by atoms with van der Waals surface area (Å²) in [4.78, 5) is 54.6. The molecule has 3 aromatic rings. The largest absolute Gasteiger partial charge is 0.488 e. The molecule has 3 heterocycles. The molecule has 13 heteroatoms. The van der Waals surface area contributed by atoms with Gasteiger partial charge in [-0.25, -0.2) is 0 Å². The number of hydrazine groups is 2. The second kappa shape index (κ2) is 33.7. The summed E-state index contributed by atoms with van der Waals surface area (Å²) in [7, 11) is 0. The number of hydrogen-bond acceptors (Lipinski definition) is 9. The van der Waals surface area contributed by atoms with Crippen molar-refractivity contribution in [2.45, 2.75) is 168 Å². The number of hydrogen-bond donors (Lipinski definition) is 4. The van der Waals surface area contributed by atoms with E-state index in [1.54, 1.807) is 12.2 Å². The normalized spacial score (nSPS) is 11.3. The van der Waals surface area contributed by atoms with Gasteiger partial charge in [0.15, 0.2) is 11.5 Å². The maximum absolute atomic E-state index is 13.7. The maximum atomic E-state index is 13.7. The van der Waals surface area contributed by atoms with Crippen LogP contribution in [0.15, 0.2) is 47.2 Å². The molecule has 3 aromatic heterocycles. The van der Waals surface area contributed by atoms with Crippen molar-refractivity contribution >= 4 is 69.8 Å². The Morgan fingerprint density at radius 3 is 1.11 bits per heavy atom. The van der Waals surface area contributed by atoms with E-state index in [1.807, 2.05) is 35.0 Å².